The van der Waals surface area contributed by atoms with Crippen molar-refractivity contribution < 1.29 is 4.39 Å². The molecule has 3 aromatic rings. The molecule has 0 saturated heterocycles. The number of nitrogens with zero attached hydrogens (tertiary/aromatic N) is 3. The molecule has 0 aliphatic rings. The molecule has 0 aliphatic heterocycles. The van der Waals surface area contributed by atoms with Gasteiger partial charge in [0, 0.05) is 5.69 Å². The molecule has 0 atom stereocenters. The van der Waals surface area contributed by atoms with Crippen LogP contribution in [0.4, 0.5) is 4.39 Å². The number of hydrogen-bond donors (Lipinski definition) is 1. The number of benzene rings is 2. The summed E-state index contributed by atoms with van der Waals surface area (Å²) in [4.78, 5) is 0. The van der Waals surface area contributed by atoms with E-state index in [4.69, 9.17) is 17.3 Å². The zero-order chi connectivity index (χ0) is 14.8. The van der Waals surface area contributed by atoms with Gasteiger partial charge in [-0.3, -0.25) is 4.57 Å². The summed E-state index contributed by atoms with van der Waals surface area (Å²) in [5, 5.41) is 8.15. The molecule has 4 nitrogen and oxygen atoms in total. The van der Waals surface area contributed by atoms with E-state index in [1.54, 1.807) is 16.7 Å². The third-order valence-electron chi connectivity index (χ3n) is 3.12. The molecule has 0 bridgehead atoms. The number of aromatic nitrogens is 3. The molecule has 3 rings (SSSR count). The van der Waals surface area contributed by atoms with E-state index in [-0.39, 0.29) is 11.6 Å². The Morgan fingerprint density at radius 2 is 1.81 bits per heavy atom. The first-order chi connectivity index (χ1) is 10.2. The SMILES string of the molecule is NCc1nnc(-c2cccc(Cl)c2F)n1-c1ccccc1. The molecule has 0 amide bonds. The number of halogens is 2. The fourth-order valence-electron chi connectivity index (χ4n) is 2.15. The highest BCUT2D eigenvalue weighted by molar-refractivity contribution is 6.31. The fraction of sp³-hybridized carbons (Fsp3) is 0.0667. The maximum absolute atomic E-state index is 14.3. The maximum atomic E-state index is 14.3. The van der Waals surface area contributed by atoms with Crippen molar-refractivity contribution in [1.29, 1.82) is 0 Å². The fourth-order valence-corrected chi connectivity index (χ4v) is 2.32. The van der Waals surface area contributed by atoms with Crippen LogP contribution in [0.1, 0.15) is 5.82 Å². The smallest absolute Gasteiger partial charge is 0.171 e. The van der Waals surface area contributed by atoms with Crippen LogP contribution in [0.25, 0.3) is 17.1 Å². The van der Waals surface area contributed by atoms with E-state index in [0.717, 1.165) is 5.69 Å². The zero-order valence-corrected chi connectivity index (χ0v) is 11.8. The van der Waals surface area contributed by atoms with Crippen molar-refractivity contribution in [1.82, 2.24) is 14.8 Å². The van der Waals surface area contributed by atoms with Gasteiger partial charge in [0.15, 0.2) is 17.5 Å². The lowest BCUT2D eigenvalue weighted by Crippen LogP contribution is -2.08. The van der Waals surface area contributed by atoms with Crippen LogP contribution in [0.15, 0.2) is 48.5 Å². The Bertz CT molecular complexity index is 771. The van der Waals surface area contributed by atoms with Crippen LogP contribution >= 0.6 is 11.6 Å². The Hall–Kier alpha value is -2.24. The third kappa shape index (κ3) is 2.41. The van der Waals surface area contributed by atoms with E-state index >= 15 is 0 Å². The largest absolute Gasteiger partial charge is 0.324 e. The van der Waals surface area contributed by atoms with Crippen molar-refractivity contribution in [3.8, 4) is 17.1 Å². The summed E-state index contributed by atoms with van der Waals surface area (Å²) in [6.45, 7) is 0.198. The minimum absolute atomic E-state index is 0.0458. The minimum atomic E-state index is -0.521. The Kier molecular flexibility index (Phi) is 3.68. The molecule has 0 saturated carbocycles. The summed E-state index contributed by atoms with van der Waals surface area (Å²) in [6, 6.07) is 14.2. The van der Waals surface area contributed by atoms with Gasteiger partial charge in [-0.05, 0) is 24.3 Å². The highest BCUT2D eigenvalue weighted by Gasteiger charge is 2.18. The van der Waals surface area contributed by atoms with E-state index in [9.17, 15) is 4.39 Å². The van der Waals surface area contributed by atoms with Crippen LogP contribution < -0.4 is 5.73 Å². The number of para-hydroxylation sites is 1. The Morgan fingerprint density at radius 1 is 1.05 bits per heavy atom. The van der Waals surface area contributed by atoms with Gasteiger partial charge in [-0.2, -0.15) is 0 Å². The minimum Gasteiger partial charge on any atom is -0.324 e. The quantitative estimate of drug-likeness (QED) is 0.808. The number of nitrogens with two attached hydrogens (primary N) is 1. The molecular weight excluding hydrogens is 291 g/mol. The van der Waals surface area contributed by atoms with Gasteiger partial charge in [0.1, 0.15) is 0 Å². The predicted octanol–water partition coefficient (Wildman–Crippen LogP) is 3.19. The average Bonchev–Trinajstić information content (AvgIpc) is 2.94. The first-order valence-corrected chi connectivity index (χ1v) is 6.74. The van der Waals surface area contributed by atoms with E-state index in [0.29, 0.717) is 17.2 Å². The van der Waals surface area contributed by atoms with Crippen molar-refractivity contribution in [2.24, 2.45) is 5.73 Å². The topological polar surface area (TPSA) is 56.7 Å². The summed E-state index contributed by atoms with van der Waals surface area (Å²) >= 11 is 5.85. The standard InChI is InChI=1S/C15H12ClFN4/c16-12-8-4-7-11(14(12)17)15-20-19-13(9-18)21(15)10-5-2-1-3-6-10/h1-8H,9,18H2. The van der Waals surface area contributed by atoms with Gasteiger partial charge in [0.2, 0.25) is 0 Å². The Morgan fingerprint density at radius 3 is 2.52 bits per heavy atom. The van der Waals surface area contributed by atoms with E-state index in [1.165, 1.54) is 6.07 Å². The van der Waals surface area contributed by atoms with Crippen LogP contribution in [0.5, 0.6) is 0 Å². The molecule has 0 spiro atoms. The van der Waals surface area contributed by atoms with Gasteiger partial charge in [-0.1, -0.05) is 35.9 Å². The highest BCUT2D eigenvalue weighted by atomic mass is 35.5. The van der Waals surface area contributed by atoms with Crippen molar-refractivity contribution in [2.75, 3.05) is 0 Å². The first kappa shape index (κ1) is 13.7. The van der Waals surface area contributed by atoms with Gasteiger partial charge in [-0.25, -0.2) is 4.39 Å². The maximum Gasteiger partial charge on any atom is 0.171 e. The molecule has 2 aromatic carbocycles. The van der Waals surface area contributed by atoms with Crippen LogP contribution in [0, 0.1) is 5.82 Å². The van der Waals surface area contributed by atoms with Gasteiger partial charge < -0.3 is 5.73 Å². The van der Waals surface area contributed by atoms with Crippen LogP contribution in [0.2, 0.25) is 5.02 Å². The van der Waals surface area contributed by atoms with Gasteiger partial charge in [0.05, 0.1) is 17.1 Å². The van der Waals surface area contributed by atoms with E-state index in [2.05, 4.69) is 10.2 Å². The lowest BCUT2D eigenvalue weighted by Gasteiger charge is -2.10. The van der Waals surface area contributed by atoms with Crippen molar-refractivity contribution >= 4 is 11.6 Å². The Balaban J connectivity index is 2.25. The molecule has 1 heterocycles. The van der Waals surface area contributed by atoms with E-state index < -0.39 is 5.82 Å². The van der Waals surface area contributed by atoms with Crippen LogP contribution in [-0.2, 0) is 6.54 Å². The number of hydrogen-bond acceptors (Lipinski definition) is 3. The number of rotatable bonds is 3. The van der Waals surface area contributed by atoms with Crippen molar-refractivity contribution in [3.63, 3.8) is 0 Å². The van der Waals surface area contributed by atoms with Crippen LogP contribution in [0.3, 0.4) is 0 Å². The Labute approximate surface area is 126 Å². The monoisotopic (exact) mass is 302 g/mol. The molecule has 106 valence electrons. The predicted molar refractivity (Wildman–Crippen MR) is 79.7 cm³/mol. The molecule has 21 heavy (non-hydrogen) atoms. The lowest BCUT2D eigenvalue weighted by atomic mass is 10.2. The summed E-state index contributed by atoms with van der Waals surface area (Å²) in [5.41, 5.74) is 6.81. The van der Waals surface area contributed by atoms with Crippen molar-refractivity contribution in [2.45, 2.75) is 6.54 Å². The average molecular weight is 303 g/mol. The lowest BCUT2D eigenvalue weighted by molar-refractivity contribution is 0.630. The third-order valence-corrected chi connectivity index (χ3v) is 3.41. The zero-order valence-electron chi connectivity index (χ0n) is 11.0. The summed E-state index contributed by atoms with van der Waals surface area (Å²) in [6.07, 6.45) is 0. The van der Waals surface area contributed by atoms with E-state index in [1.807, 2.05) is 30.3 Å². The normalized spacial score (nSPS) is 10.8. The molecule has 1 aromatic heterocycles. The highest BCUT2D eigenvalue weighted by Crippen LogP contribution is 2.28. The second-order valence-corrected chi connectivity index (χ2v) is 4.82. The van der Waals surface area contributed by atoms with Gasteiger partial charge >= 0.3 is 0 Å². The van der Waals surface area contributed by atoms with Crippen LogP contribution in [-0.4, -0.2) is 14.8 Å². The molecule has 0 radical (unpaired) electrons. The molecule has 2 N–H and O–H groups in total. The molecule has 6 heteroatoms. The second-order valence-electron chi connectivity index (χ2n) is 4.42. The second kappa shape index (κ2) is 5.63. The summed E-state index contributed by atoms with van der Waals surface area (Å²) in [7, 11) is 0. The summed E-state index contributed by atoms with van der Waals surface area (Å²) < 4.78 is 16.0. The van der Waals surface area contributed by atoms with Crippen molar-refractivity contribution in [3.05, 3.63) is 65.2 Å². The molecule has 0 fully saturated rings. The molecular formula is C15H12ClFN4. The summed E-state index contributed by atoms with van der Waals surface area (Å²) in [5.74, 6) is 0.407. The first-order valence-electron chi connectivity index (χ1n) is 6.36. The van der Waals surface area contributed by atoms with Gasteiger partial charge in [0.25, 0.3) is 0 Å². The van der Waals surface area contributed by atoms with Gasteiger partial charge in [-0.15, -0.1) is 10.2 Å². The molecule has 0 unspecified atom stereocenters. The molecule has 0 aliphatic carbocycles.